The van der Waals surface area contributed by atoms with Crippen LogP contribution in [0.15, 0.2) is 72.8 Å². The van der Waals surface area contributed by atoms with Crippen LogP contribution in [0.1, 0.15) is 0 Å². The molecule has 0 amide bonds. The minimum Gasteiger partial charge on any atom is -0.124 e. The Morgan fingerprint density at radius 1 is 0.500 bits per heavy atom. The fraction of sp³-hybridized carbons (Fsp3) is 0. The summed E-state index contributed by atoms with van der Waals surface area (Å²) in [5.41, 5.74) is 0. The monoisotopic (exact) mass is 340 g/mol. The molecule has 0 aliphatic heterocycles. The highest BCUT2D eigenvalue weighted by Gasteiger charge is 2.13. The van der Waals surface area contributed by atoms with Gasteiger partial charge in [0.25, 0.3) is 0 Å². The molecule has 6 rings (SSSR count). The van der Waals surface area contributed by atoms with Crippen molar-refractivity contribution in [1.82, 2.24) is 0 Å². The number of fused-ring (bicyclic) bond motifs is 7. The van der Waals surface area contributed by atoms with E-state index in [1.807, 2.05) is 22.7 Å². The Balaban J connectivity index is 1.84. The first-order chi connectivity index (χ1) is 11.9. The molecule has 0 aliphatic rings. The minimum atomic E-state index is 1.32. The summed E-state index contributed by atoms with van der Waals surface area (Å²) in [7, 11) is 0. The third-order valence-corrected chi connectivity index (χ3v) is 7.24. The predicted molar refractivity (Wildman–Crippen MR) is 110 cm³/mol. The fourth-order valence-electron chi connectivity index (χ4n) is 3.69. The molecular weight excluding hydrogens is 328 g/mol. The lowest BCUT2D eigenvalue weighted by molar-refractivity contribution is 1.81. The average Bonchev–Trinajstić information content (AvgIpc) is 3.12. The van der Waals surface area contributed by atoms with Gasteiger partial charge in [-0.05, 0) is 45.8 Å². The van der Waals surface area contributed by atoms with Gasteiger partial charge in [0.15, 0.2) is 0 Å². The van der Waals surface area contributed by atoms with Crippen molar-refractivity contribution in [2.24, 2.45) is 0 Å². The fourth-order valence-corrected chi connectivity index (χ4v) is 6.35. The maximum atomic E-state index is 2.37. The van der Waals surface area contributed by atoms with Crippen molar-refractivity contribution in [3.8, 4) is 0 Å². The zero-order valence-corrected chi connectivity index (χ0v) is 14.4. The first-order valence-corrected chi connectivity index (χ1v) is 9.66. The summed E-state index contributed by atoms with van der Waals surface area (Å²) in [6.45, 7) is 0. The van der Waals surface area contributed by atoms with Crippen molar-refractivity contribution < 1.29 is 0 Å². The van der Waals surface area contributed by atoms with Gasteiger partial charge in [-0.25, -0.2) is 0 Å². The van der Waals surface area contributed by atoms with Crippen LogP contribution in [0.25, 0.3) is 51.1 Å². The SMILES string of the molecule is c1ccc2cc3c(cc2c1)sc1sc2cc4ccccc4cc2c13. The number of benzene rings is 4. The van der Waals surface area contributed by atoms with E-state index in [4.69, 9.17) is 0 Å². The van der Waals surface area contributed by atoms with Gasteiger partial charge in [0.1, 0.15) is 0 Å². The molecule has 2 aromatic heterocycles. The third-order valence-electron chi connectivity index (χ3n) is 4.84. The van der Waals surface area contributed by atoms with E-state index in [9.17, 15) is 0 Å². The minimum absolute atomic E-state index is 1.32. The molecule has 0 saturated carbocycles. The summed E-state index contributed by atoms with van der Waals surface area (Å²) in [5, 5.41) is 9.54. The highest BCUT2D eigenvalue weighted by molar-refractivity contribution is 7.44. The molecule has 0 bridgehead atoms. The van der Waals surface area contributed by atoms with Gasteiger partial charge in [-0.15, -0.1) is 22.7 Å². The van der Waals surface area contributed by atoms with Crippen LogP contribution in [-0.2, 0) is 0 Å². The summed E-state index contributed by atoms with van der Waals surface area (Å²) in [6, 6.07) is 26.7. The van der Waals surface area contributed by atoms with Crippen molar-refractivity contribution in [3.63, 3.8) is 0 Å². The van der Waals surface area contributed by atoms with Gasteiger partial charge in [-0.3, -0.25) is 0 Å². The second-order valence-electron chi connectivity index (χ2n) is 6.26. The topological polar surface area (TPSA) is 0 Å². The maximum absolute atomic E-state index is 2.37. The molecule has 0 saturated heterocycles. The van der Waals surface area contributed by atoms with Crippen LogP contribution in [0, 0.1) is 0 Å². The van der Waals surface area contributed by atoms with Crippen LogP contribution in [0.3, 0.4) is 0 Å². The van der Waals surface area contributed by atoms with E-state index < -0.39 is 0 Å². The van der Waals surface area contributed by atoms with E-state index in [1.54, 1.807) is 0 Å². The summed E-state index contributed by atoms with van der Waals surface area (Å²) in [5.74, 6) is 0. The van der Waals surface area contributed by atoms with Crippen molar-refractivity contribution in [3.05, 3.63) is 72.8 Å². The third kappa shape index (κ3) is 1.67. The Hall–Kier alpha value is -2.42. The zero-order chi connectivity index (χ0) is 15.7. The molecule has 0 spiro atoms. The van der Waals surface area contributed by atoms with E-state index in [0.717, 1.165) is 0 Å². The lowest BCUT2D eigenvalue weighted by Gasteiger charge is -2.00. The summed E-state index contributed by atoms with van der Waals surface area (Å²) in [4.78, 5) is 0. The van der Waals surface area contributed by atoms with Gasteiger partial charge in [-0.2, -0.15) is 0 Å². The molecule has 6 aromatic rings. The van der Waals surface area contributed by atoms with Crippen LogP contribution in [0.4, 0.5) is 0 Å². The van der Waals surface area contributed by atoms with Gasteiger partial charge in [0.05, 0.1) is 4.01 Å². The van der Waals surface area contributed by atoms with E-state index in [2.05, 4.69) is 72.8 Å². The number of thiophene rings is 2. The Morgan fingerprint density at radius 2 is 0.917 bits per heavy atom. The van der Waals surface area contributed by atoms with Crippen LogP contribution in [0.2, 0.25) is 0 Å². The van der Waals surface area contributed by atoms with Gasteiger partial charge in [0.2, 0.25) is 0 Å². The molecule has 0 unspecified atom stereocenters. The van der Waals surface area contributed by atoms with Gasteiger partial charge in [0, 0.05) is 25.6 Å². The molecular formula is C22H12S2. The van der Waals surface area contributed by atoms with Crippen molar-refractivity contribution in [1.29, 1.82) is 0 Å². The molecule has 0 N–H and O–H groups in total. The van der Waals surface area contributed by atoms with E-state index in [1.165, 1.54) is 51.1 Å². The number of rotatable bonds is 0. The Morgan fingerprint density at radius 3 is 1.38 bits per heavy atom. The Bertz CT molecular complexity index is 1290. The highest BCUT2D eigenvalue weighted by atomic mass is 32.2. The molecule has 0 fully saturated rings. The van der Waals surface area contributed by atoms with Crippen molar-refractivity contribution in [2.75, 3.05) is 0 Å². The van der Waals surface area contributed by atoms with Crippen LogP contribution < -0.4 is 0 Å². The quantitative estimate of drug-likeness (QED) is 0.267. The molecule has 0 radical (unpaired) electrons. The second kappa shape index (κ2) is 4.56. The molecule has 2 heteroatoms. The largest absolute Gasteiger partial charge is 0.124 e. The summed E-state index contributed by atoms with van der Waals surface area (Å²) < 4.78 is 4.22. The first kappa shape index (κ1) is 12.9. The summed E-state index contributed by atoms with van der Waals surface area (Å²) >= 11 is 3.85. The lowest BCUT2D eigenvalue weighted by Crippen LogP contribution is -1.73. The van der Waals surface area contributed by atoms with Gasteiger partial charge in [-0.1, -0.05) is 48.5 Å². The smallest absolute Gasteiger partial charge is 0.0890 e. The van der Waals surface area contributed by atoms with E-state index in [-0.39, 0.29) is 0 Å². The Kier molecular flexibility index (Phi) is 2.46. The van der Waals surface area contributed by atoms with Crippen molar-refractivity contribution in [2.45, 2.75) is 0 Å². The molecule has 4 aromatic carbocycles. The molecule has 0 nitrogen and oxygen atoms in total. The van der Waals surface area contributed by atoms with Crippen LogP contribution >= 0.6 is 22.7 Å². The van der Waals surface area contributed by atoms with Gasteiger partial charge < -0.3 is 0 Å². The van der Waals surface area contributed by atoms with Crippen LogP contribution in [-0.4, -0.2) is 0 Å². The molecule has 0 aliphatic carbocycles. The van der Waals surface area contributed by atoms with Crippen molar-refractivity contribution >= 4 is 73.8 Å². The lowest BCUT2D eigenvalue weighted by atomic mass is 10.0. The van der Waals surface area contributed by atoms with Gasteiger partial charge >= 0.3 is 0 Å². The maximum Gasteiger partial charge on any atom is 0.0890 e. The predicted octanol–water partition coefficient (Wildman–Crippen LogP) is 7.58. The van der Waals surface area contributed by atoms with Crippen LogP contribution in [0.5, 0.6) is 0 Å². The highest BCUT2D eigenvalue weighted by Crippen LogP contribution is 2.46. The zero-order valence-electron chi connectivity index (χ0n) is 12.7. The number of hydrogen-bond acceptors (Lipinski definition) is 2. The molecule has 0 atom stereocenters. The normalized spacial score (nSPS) is 12.2. The standard InChI is InChI=1S/C22H12S2/c1-3-7-15-11-19-17(9-13(15)5-1)21-18-10-14-6-2-4-8-16(14)12-20(18)24-22(21)23-19/h1-12H. The second-order valence-corrected chi connectivity index (χ2v) is 8.62. The van der Waals surface area contributed by atoms with E-state index in [0.29, 0.717) is 0 Å². The molecule has 24 heavy (non-hydrogen) atoms. The molecule has 2 heterocycles. The summed E-state index contributed by atoms with van der Waals surface area (Å²) in [6.07, 6.45) is 0. The first-order valence-electron chi connectivity index (χ1n) is 8.03. The number of hydrogen-bond donors (Lipinski definition) is 0. The van der Waals surface area contributed by atoms with E-state index >= 15 is 0 Å². The average molecular weight is 340 g/mol. The Labute approximate surface area is 146 Å². The molecule has 112 valence electrons.